The van der Waals surface area contributed by atoms with Crippen molar-refractivity contribution in [3.63, 3.8) is 0 Å². The van der Waals surface area contributed by atoms with Crippen molar-refractivity contribution in [1.29, 1.82) is 0 Å². The number of anilines is 2. The number of nitrogens with one attached hydrogen (secondary N) is 2. The molecule has 1 amide bonds. The number of carbonyl (C=O) groups is 1. The van der Waals surface area contributed by atoms with Crippen LogP contribution in [0.4, 0.5) is 34.1 Å². The SMILES string of the molecule is CF.Cc1ccc(NS(=O)(=O)c2ccccc2)cc1N(C)C(=O)C[NH-].FF.FF.[Ac]. The Balaban J connectivity index is -0.000000955. The van der Waals surface area contributed by atoms with Crippen molar-refractivity contribution < 1.29 is 80.0 Å². The Hall–Kier alpha value is -1.29. The van der Waals surface area contributed by atoms with Gasteiger partial charge in [-0.05, 0) is 36.8 Å². The second-order valence-corrected chi connectivity index (χ2v) is 6.73. The van der Waals surface area contributed by atoms with Crippen molar-refractivity contribution in [2.75, 3.05) is 30.4 Å². The second-order valence-electron chi connectivity index (χ2n) is 5.05. The van der Waals surface area contributed by atoms with Crippen LogP contribution >= 0.6 is 0 Å². The number of alkyl halides is 1. The summed E-state index contributed by atoms with van der Waals surface area (Å²) < 4.78 is 68.7. The molecule has 30 heavy (non-hydrogen) atoms. The molecule has 0 fully saturated rings. The van der Waals surface area contributed by atoms with Gasteiger partial charge in [-0.25, -0.2) is 8.42 Å². The summed E-state index contributed by atoms with van der Waals surface area (Å²) in [7, 11) is -1.62. The van der Waals surface area contributed by atoms with E-state index >= 15 is 0 Å². The van der Waals surface area contributed by atoms with E-state index in [0.717, 1.165) is 5.56 Å². The van der Waals surface area contributed by atoms with E-state index in [2.05, 4.69) is 4.72 Å². The molecular weight excluding hydrogens is 648 g/mol. The molecule has 1 radical (unpaired) electrons. The summed E-state index contributed by atoms with van der Waals surface area (Å²) in [6.07, 6.45) is 0. The number of amides is 1. The number of halogens is 5. The fourth-order valence-corrected chi connectivity index (χ4v) is 3.17. The molecule has 0 aliphatic heterocycles. The van der Waals surface area contributed by atoms with E-state index in [1.807, 2.05) is 6.92 Å². The van der Waals surface area contributed by atoms with E-state index in [1.54, 1.807) is 43.4 Å². The van der Waals surface area contributed by atoms with Crippen molar-refractivity contribution in [1.82, 2.24) is 0 Å². The summed E-state index contributed by atoms with van der Waals surface area (Å²) in [5, 5.41) is 0. The third kappa shape index (κ3) is 10.7. The first-order valence-electron chi connectivity index (χ1n) is 7.61. The van der Waals surface area contributed by atoms with Gasteiger partial charge in [0.1, 0.15) is 0 Å². The molecule has 0 aromatic heterocycles. The average molecular weight is 669 g/mol. The third-order valence-corrected chi connectivity index (χ3v) is 4.80. The van der Waals surface area contributed by atoms with Gasteiger partial charge in [0.05, 0.1) is 17.8 Å². The molecule has 0 unspecified atom stereocenters. The van der Waals surface area contributed by atoms with Gasteiger partial charge in [0.2, 0.25) is 5.91 Å². The maximum absolute atomic E-state index is 12.3. The van der Waals surface area contributed by atoms with E-state index in [0.29, 0.717) is 18.6 Å². The predicted molar refractivity (Wildman–Crippen MR) is 102 cm³/mol. The molecule has 0 atom stereocenters. The van der Waals surface area contributed by atoms with Crippen LogP contribution < -0.4 is 9.62 Å². The zero-order valence-electron chi connectivity index (χ0n) is 16.4. The van der Waals surface area contributed by atoms with Gasteiger partial charge in [-0.3, -0.25) is 13.9 Å². The van der Waals surface area contributed by atoms with Gasteiger partial charge in [-0.2, -0.15) is 0 Å². The molecule has 0 saturated heterocycles. The van der Waals surface area contributed by atoms with Crippen LogP contribution in [0.1, 0.15) is 5.56 Å². The number of hydrogen-bond acceptors (Lipinski definition) is 3. The number of nitrogens with zero attached hydrogens (tertiary/aromatic N) is 1. The largest absolute Gasteiger partial charge is 0.670 e. The molecule has 2 aromatic carbocycles. The minimum absolute atomic E-state index is 0. The van der Waals surface area contributed by atoms with E-state index in [9.17, 15) is 17.6 Å². The quantitative estimate of drug-likeness (QED) is 0.451. The van der Waals surface area contributed by atoms with Gasteiger partial charge in [-0.1, -0.05) is 30.8 Å². The molecule has 0 saturated carbocycles. The standard InChI is InChI=1S/C16H18N3O3S.CH3F.Ac.2F2/c1-12-8-9-13(10-15(12)19(2)16(20)11-17)18-23(21,22)14-6-4-3-5-7-14;1-2;;2*1-2/h3-10,17-18H,11H2,1-2H3;1H3;;;/q-1;;;;. The molecule has 167 valence electrons. The first-order valence-corrected chi connectivity index (χ1v) is 9.09. The summed E-state index contributed by atoms with van der Waals surface area (Å²) in [4.78, 5) is 13.2. The van der Waals surface area contributed by atoms with Gasteiger partial charge in [-0.15, -0.1) is 0 Å². The fourth-order valence-electron chi connectivity index (χ4n) is 2.10. The maximum atomic E-state index is 12.3. The van der Waals surface area contributed by atoms with Crippen LogP contribution in [-0.4, -0.2) is 35.1 Å². The zero-order chi connectivity index (χ0) is 23.0. The number of carbonyl (C=O) groups excluding carboxylic acids is 1. The number of likely N-dealkylation sites (N-methyl/N-ethyl adjacent to an activating group) is 1. The Morgan fingerprint density at radius 2 is 1.53 bits per heavy atom. The molecule has 2 rings (SSSR count). The number of benzene rings is 2. The minimum Gasteiger partial charge on any atom is -0.670 e. The molecule has 13 heteroatoms. The molecule has 0 spiro atoms. The summed E-state index contributed by atoms with van der Waals surface area (Å²) in [6, 6.07) is 13.0. The molecule has 0 aliphatic rings. The average Bonchev–Trinajstić information content (AvgIpc) is 2.78. The zero-order valence-corrected chi connectivity index (χ0v) is 21.9. The van der Waals surface area contributed by atoms with Gasteiger partial charge < -0.3 is 10.6 Å². The molecule has 2 N–H and O–H groups in total. The van der Waals surface area contributed by atoms with Crippen molar-refractivity contribution >= 4 is 27.3 Å². The van der Waals surface area contributed by atoms with Gasteiger partial charge in [0.25, 0.3) is 10.0 Å². The minimum atomic E-state index is -3.68. The van der Waals surface area contributed by atoms with Crippen LogP contribution in [0.3, 0.4) is 0 Å². The molecular formula is C17H21AcF5N3O3S-. The third-order valence-electron chi connectivity index (χ3n) is 3.40. The normalized spacial score (nSPS) is 9.10. The monoisotopic (exact) mass is 669 g/mol. The number of hydrogen-bond donors (Lipinski definition) is 1. The van der Waals surface area contributed by atoms with E-state index in [-0.39, 0.29) is 61.4 Å². The van der Waals surface area contributed by atoms with Gasteiger partial charge >= 0.3 is 0 Å². The summed E-state index contributed by atoms with van der Waals surface area (Å²) >= 11 is 0. The van der Waals surface area contributed by atoms with Gasteiger partial charge in [0.15, 0.2) is 0 Å². The topological polar surface area (TPSA) is 90.3 Å². The Labute approximate surface area is 208 Å². The van der Waals surface area contributed by atoms with Crippen LogP contribution in [-0.2, 0) is 14.8 Å². The van der Waals surface area contributed by atoms with E-state index in [4.69, 9.17) is 24.0 Å². The Bertz CT molecular complexity index is 831. The number of sulfonamides is 1. The van der Waals surface area contributed by atoms with Crippen LogP contribution in [0.25, 0.3) is 5.73 Å². The smallest absolute Gasteiger partial charge is 0.261 e. The molecule has 0 aliphatic carbocycles. The van der Waals surface area contributed by atoms with Crippen molar-refractivity contribution in [2.24, 2.45) is 0 Å². The summed E-state index contributed by atoms with van der Waals surface area (Å²) in [6.45, 7) is 1.45. The second kappa shape index (κ2) is 18.5. The summed E-state index contributed by atoms with van der Waals surface area (Å²) in [5.74, 6) is -0.365. The van der Waals surface area contributed by atoms with Gasteiger partial charge in [0, 0.05) is 75.1 Å². The molecule has 0 heterocycles. The fraction of sp³-hybridized carbons (Fsp3) is 0.235. The van der Waals surface area contributed by atoms with E-state index in [1.165, 1.54) is 17.0 Å². The van der Waals surface area contributed by atoms with Crippen LogP contribution in [0.5, 0.6) is 0 Å². The first-order chi connectivity index (χ1) is 13.8. The van der Waals surface area contributed by atoms with Crippen molar-refractivity contribution in [3.8, 4) is 0 Å². The molecule has 2 aromatic rings. The number of aryl methyl sites for hydroxylation is 1. The van der Waals surface area contributed by atoms with Crippen LogP contribution in [0.2, 0.25) is 0 Å². The van der Waals surface area contributed by atoms with Crippen LogP contribution in [0, 0.1) is 51.0 Å². The predicted octanol–water partition coefficient (Wildman–Crippen LogP) is 5.08. The first kappa shape index (κ1) is 33.4. The van der Waals surface area contributed by atoms with Crippen LogP contribution in [0.15, 0.2) is 53.4 Å². The van der Waals surface area contributed by atoms with E-state index < -0.39 is 10.0 Å². The summed E-state index contributed by atoms with van der Waals surface area (Å²) in [5.41, 5.74) is 8.91. The van der Waals surface area contributed by atoms with Crippen molar-refractivity contribution in [3.05, 3.63) is 59.8 Å². The maximum Gasteiger partial charge on any atom is 0.261 e. The van der Waals surface area contributed by atoms with Crippen molar-refractivity contribution in [2.45, 2.75) is 11.8 Å². The molecule has 6 nitrogen and oxygen atoms in total. The number of rotatable bonds is 5. The molecule has 0 bridgehead atoms. The Kier molecular flexibility index (Phi) is 20.5. The Morgan fingerprint density at radius 3 is 2.00 bits per heavy atom. The Morgan fingerprint density at radius 1 is 1.03 bits per heavy atom.